The highest BCUT2D eigenvalue weighted by atomic mass is 16.7. The van der Waals surface area contributed by atoms with Gasteiger partial charge in [0.25, 0.3) is 5.91 Å². The van der Waals surface area contributed by atoms with Gasteiger partial charge in [-0.05, 0) is 43.2 Å². The van der Waals surface area contributed by atoms with Crippen LogP contribution < -0.4 is 9.47 Å². The molecule has 6 heteroatoms. The normalized spacial score (nSPS) is 13.4. The van der Waals surface area contributed by atoms with Crippen molar-refractivity contribution in [2.45, 2.75) is 26.4 Å². The summed E-state index contributed by atoms with van der Waals surface area (Å²) < 4.78 is 12.6. The fraction of sp³-hybridized carbons (Fsp3) is 0.273. The van der Waals surface area contributed by atoms with Crippen molar-refractivity contribution in [3.05, 3.63) is 77.1 Å². The molecule has 1 amide bonds. The van der Waals surface area contributed by atoms with E-state index in [0.717, 1.165) is 22.6 Å². The SMILES string of the molecule is Cc1cc(C(=O)N(Cc2ccc3c(c2)OCO3)[C@H](C)c2ccccc2)nn1C. The molecular formula is C22H23N3O3. The average Bonchev–Trinajstić information content (AvgIpc) is 3.31. The standard InChI is InChI=1S/C22H23N3O3/c1-15-11-19(23-24(15)3)22(26)25(16(2)18-7-5-4-6-8-18)13-17-9-10-20-21(12-17)28-14-27-20/h4-12,16H,13-14H2,1-3H3/t16-/m1/s1. The smallest absolute Gasteiger partial charge is 0.275 e. The van der Waals surface area contributed by atoms with E-state index in [4.69, 9.17) is 9.47 Å². The van der Waals surface area contributed by atoms with Crippen molar-refractivity contribution < 1.29 is 14.3 Å². The van der Waals surface area contributed by atoms with Crippen LogP contribution in [0.15, 0.2) is 54.6 Å². The van der Waals surface area contributed by atoms with Crippen molar-refractivity contribution in [2.75, 3.05) is 6.79 Å². The first-order chi connectivity index (χ1) is 13.5. The first-order valence-corrected chi connectivity index (χ1v) is 9.28. The number of carbonyl (C=O) groups excluding carboxylic acids is 1. The number of hydrogen-bond donors (Lipinski definition) is 0. The summed E-state index contributed by atoms with van der Waals surface area (Å²) in [7, 11) is 1.84. The van der Waals surface area contributed by atoms with Crippen LogP contribution in [-0.4, -0.2) is 27.4 Å². The van der Waals surface area contributed by atoms with Crippen molar-refractivity contribution in [2.24, 2.45) is 7.05 Å². The van der Waals surface area contributed by atoms with E-state index in [1.54, 1.807) is 4.68 Å². The van der Waals surface area contributed by atoms with Gasteiger partial charge in [0.15, 0.2) is 17.2 Å². The van der Waals surface area contributed by atoms with Crippen LogP contribution in [-0.2, 0) is 13.6 Å². The molecule has 4 rings (SSSR count). The highest BCUT2D eigenvalue weighted by Crippen LogP contribution is 2.34. The molecule has 0 N–H and O–H groups in total. The highest BCUT2D eigenvalue weighted by Gasteiger charge is 2.26. The van der Waals surface area contributed by atoms with Crippen molar-refractivity contribution >= 4 is 5.91 Å². The number of benzene rings is 2. The van der Waals surface area contributed by atoms with Gasteiger partial charge in [-0.25, -0.2) is 0 Å². The fourth-order valence-corrected chi connectivity index (χ4v) is 3.34. The molecule has 0 aliphatic carbocycles. The Morgan fingerprint density at radius 3 is 2.61 bits per heavy atom. The van der Waals surface area contributed by atoms with E-state index in [0.29, 0.717) is 18.0 Å². The third-order valence-corrected chi connectivity index (χ3v) is 5.13. The molecule has 2 heterocycles. The summed E-state index contributed by atoms with van der Waals surface area (Å²) in [6.07, 6.45) is 0. The largest absolute Gasteiger partial charge is 0.454 e. The lowest BCUT2D eigenvalue weighted by molar-refractivity contribution is 0.0667. The number of aromatic nitrogens is 2. The molecule has 28 heavy (non-hydrogen) atoms. The number of carbonyl (C=O) groups is 1. The van der Waals surface area contributed by atoms with Gasteiger partial charge in [-0.1, -0.05) is 36.4 Å². The van der Waals surface area contributed by atoms with E-state index in [2.05, 4.69) is 5.10 Å². The van der Waals surface area contributed by atoms with E-state index in [1.807, 2.05) is 80.4 Å². The molecule has 0 saturated carbocycles. The molecular weight excluding hydrogens is 354 g/mol. The molecule has 0 radical (unpaired) electrons. The molecule has 0 spiro atoms. The molecule has 0 saturated heterocycles. The molecule has 0 fully saturated rings. The predicted molar refractivity (Wildman–Crippen MR) is 105 cm³/mol. The van der Waals surface area contributed by atoms with Crippen LogP contribution in [0.1, 0.15) is 40.3 Å². The molecule has 1 aliphatic heterocycles. The van der Waals surface area contributed by atoms with Crippen molar-refractivity contribution in [3.8, 4) is 11.5 Å². The van der Waals surface area contributed by atoms with Gasteiger partial charge in [0, 0.05) is 19.3 Å². The lowest BCUT2D eigenvalue weighted by Crippen LogP contribution is -2.33. The third kappa shape index (κ3) is 3.45. The highest BCUT2D eigenvalue weighted by molar-refractivity contribution is 5.92. The average molecular weight is 377 g/mol. The molecule has 1 atom stereocenters. The number of nitrogens with zero attached hydrogens (tertiary/aromatic N) is 3. The number of hydrogen-bond acceptors (Lipinski definition) is 4. The van der Waals surface area contributed by atoms with Gasteiger partial charge in [0.05, 0.1) is 6.04 Å². The van der Waals surface area contributed by atoms with Crippen molar-refractivity contribution in [1.29, 1.82) is 0 Å². The maximum absolute atomic E-state index is 13.4. The second-order valence-electron chi connectivity index (χ2n) is 7.00. The Kier molecular flexibility index (Phi) is 4.77. The first-order valence-electron chi connectivity index (χ1n) is 9.28. The predicted octanol–water partition coefficient (Wildman–Crippen LogP) is 3.86. The van der Waals surface area contributed by atoms with Gasteiger partial charge in [-0.15, -0.1) is 0 Å². The number of fused-ring (bicyclic) bond motifs is 1. The van der Waals surface area contributed by atoms with Crippen LogP contribution >= 0.6 is 0 Å². The lowest BCUT2D eigenvalue weighted by atomic mass is 10.0. The summed E-state index contributed by atoms with van der Waals surface area (Å²) in [5.74, 6) is 1.35. The molecule has 1 aromatic heterocycles. The summed E-state index contributed by atoms with van der Waals surface area (Å²) >= 11 is 0. The van der Waals surface area contributed by atoms with Crippen molar-refractivity contribution in [1.82, 2.24) is 14.7 Å². The second kappa shape index (κ2) is 7.38. The minimum atomic E-state index is -0.110. The van der Waals surface area contributed by atoms with E-state index in [-0.39, 0.29) is 18.7 Å². The fourth-order valence-electron chi connectivity index (χ4n) is 3.34. The van der Waals surface area contributed by atoms with Gasteiger partial charge in [-0.2, -0.15) is 5.10 Å². The third-order valence-electron chi connectivity index (χ3n) is 5.13. The Bertz CT molecular complexity index is 978. The summed E-state index contributed by atoms with van der Waals surface area (Å²) in [5.41, 5.74) is 3.44. The summed E-state index contributed by atoms with van der Waals surface area (Å²) in [6.45, 7) is 4.65. The van der Waals surface area contributed by atoms with Gasteiger partial charge >= 0.3 is 0 Å². The van der Waals surface area contributed by atoms with Gasteiger partial charge < -0.3 is 14.4 Å². The Labute approximate surface area is 164 Å². The van der Waals surface area contributed by atoms with Crippen molar-refractivity contribution in [3.63, 3.8) is 0 Å². The molecule has 6 nitrogen and oxygen atoms in total. The van der Waals surface area contributed by atoms with Crippen LogP contribution in [0.25, 0.3) is 0 Å². The summed E-state index contributed by atoms with van der Waals surface area (Å²) in [6, 6.07) is 17.5. The second-order valence-corrected chi connectivity index (χ2v) is 7.00. The van der Waals surface area contributed by atoms with E-state index >= 15 is 0 Å². The van der Waals surface area contributed by atoms with Gasteiger partial charge in [-0.3, -0.25) is 9.48 Å². The molecule has 2 aromatic carbocycles. The zero-order valence-corrected chi connectivity index (χ0v) is 16.3. The van der Waals surface area contributed by atoms with Crippen LogP contribution in [0.3, 0.4) is 0 Å². The number of ether oxygens (including phenoxy) is 2. The number of rotatable bonds is 5. The summed E-state index contributed by atoms with van der Waals surface area (Å²) in [4.78, 5) is 15.2. The Balaban J connectivity index is 1.67. The Hall–Kier alpha value is -3.28. The van der Waals surface area contributed by atoms with E-state index < -0.39 is 0 Å². The zero-order chi connectivity index (χ0) is 19.7. The molecule has 1 aliphatic rings. The van der Waals surface area contributed by atoms with E-state index in [9.17, 15) is 4.79 Å². The van der Waals surface area contributed by atoms with Crippen LogP contribution in [0.5, 0.6) is 11.5 Å². The quantitative estimate of drug-likeness (QED) is 0.677. The minimum absolute atomic E-state index is 0.0993. The summed E-state index contributed by atoms with van der Waals surface area (Å²) in [5, 5.41) is 4.39. The minimum Gasteiger partial charge on any atom is -0.454 e. The first kappa shape index (κ1) is 18.1. The molecule has 3 aromatic rings. The Morgan fingerprint density at radius 1 is 1.14 bits per heavy atom. The zero-order valence-electron chi connectivity index (χ0n) is 16.3. The maximum Gasteiger partial charge on any atom is 0.275 e. The monoisotopic (exact) mass is 377 g/mol. The molecule has 0 bridgehead atoms. The molecule has 144 valence electrons. The topological polar surface area (TPSA) is 56.6 Å². The van der Waals surface area contributed by atoms with Crippen LogP contribution in [0.4, 0.5) is 0 Å². The van der Waals surface area contributed by atoms with Crippen LogP contribution in [0.2, 0.25) is 0 Å². The number of amides is 1. The van der Waals surface area contributed by atoms with Gasteiger partial charge in [0.2, 0.25) is 6.79 Å². The maximum atomic E-state index is 13.4. The van der Waals surface area contributed by atoms with Crippen LogP contribution in [0, 0.1) is 6.92 Å². The number of aryl methyl sites for hydroxylation is 2. The molecule has 0 unspecified atom stereocenters. The lowest BCUT2D eigenvalue weighted by Gasteiger charge is -2.29. The van der Waals surface area contributed by atoms with E-state index in [1.165, 1.54) is 0 Å². The van der Waals surface area contributed by atoms with Gasteiger partial charge in [0.1, 0.15) is 0 Å². The Morgan fingerprint density at radius 2 is 1.89 bits per heavy atom.